The van der Waals surface area contributed by atoms with Crippen LogP contribution in [-0.4, -0.2) is 9.97 Å². The summed E-state index contributed by atoms with van der Waals surface area (Å²) in [5, 5.41) is 2.07. The number of aromatic nitrogens is 4. The van der Waals surface area contributed by atoms with E-state index in [0.29, 0.717) is 10.7 Å². The third-order valence-electron chi connectivity index (χ3n) is 6.50. The van der Waals surface area contributed by atoms with Gasteiger partial charge >= 0.3 is 19.5 Å². The molecule has 0 fully saturated rings. The molecule has 3 heterocycles. The standard InChI is InChI=1S/C32H33BrN4.C2H6.Zn/c1-8-24-16-25-10-11-29(35-25)32(31-21(5)12-19(3)13-22(31)6)28(9-2)37-27(18-33)17-26-14-20(4)30(36-26)15-23(7)34-24;1-2;/h8-13,15-17,20H,2,7,14,18H2,1,3-6H3;1-2H3;/q-2;;+2/b24-8-,25-16?,27-17?,30-15?,32-28?;;. The van der Waals surface area contributed by atoms with Crippen LogP contribution in [0.4, 0.5) is 0 Å². The van der Waals surface area contributed by atoms with E-state index in [2.05, 4.69) is 75.0 Å². The maximum atomic E-state index is 5.10. The smallest absolute Gasteiger partial charge is 0.660 e. The van der Waals surface area contributed by atoms with Gasteiger partial charge in [0.05, 0.1) is 11.4 Å². The van der Waals surface area contributed by atoms with Crippen LogP contribution in [0.1, 0.15) is 84.5 Å². The minimum atomic E-state index is 0. The number of hydrogen-bond acceptors (Lipinski definition) is 2. The van der Waals surface area contributed by atoms with Crippen molar-refractivity contribution in [1.29, 1.82) is 0 Å². The first-order chi connectivity index (χ1) is 18.7. The molecule has 2 aliphatic rings. The summed E-state index contributed by atoms with van der Waals surface area (Å²) < 4.78 is 0. The summed E-state index contributed by atoms with van der Waals surface area (Å²) in [5.74, 6) is 0.283. The Morgan fingerprint density at radius 2 is 1.65 bits per heavy atom. The van der Waals surface area contributed by atoms with Gasteiger partial charge in [-0.05, 0) is 68.5 Å². The molecule has 0 radical (unpaired) electrons. The van der Waals surface area contributed by atoms with Crippen LogP contribution < -0.4 is 20.7 Å². The molecule has 4 nitrogen and oxygen atoms in total. The number of benzene rings is 1. The normalized spacial score (nSPS) is 13.8. The summed E-state index contributed by atoms with van der Waals surface area (Å²) in [7, 11) is 0. The molecule has 6 heteroatoms. The Morgan fingerprint density at radius 1 is 0.975 bits per heavy atom. The van der Waals surface area contributed by atoms with E-state index in [1.165, 1.54) is 16.7 Å². The first kappa shape index (κ1) is 33.4. The maximum absolute atomic E-state index is 5.10. The van der Waals surface area contributed by atoms with Gasteiger partial charge < -0.3 is 9.97 Å². The van der Waals surface area contributed by atoms with Crippen molar-refractivity contribution in [3.8, 4) is 11.1 Å². The number of halogens is 1. The third-order valence-corrected chi connectivity index (χ3v) is 7.07. The van der Waals surface area contributed by atoms with Gasteiger partial charge in [-0.1, -0.05) is 78.7 Å². The number of aryl methyl sites for hydroxylation is 3. The van der Waals surface area contributed by atoms with Crippen LogP contribution in [0.25, 0.3) is 42.0 Å². The zero-order valence-electron chi connectivity index (χ0n) is 25.0. The van der Waals surface area contributed by atoms with Crippen molar-refractivity contribution in [2.45, 2.75) is 66.1 Å². The van der Waals surface area contributed by atoms with Crippen LogP contribution in [0, 0.1) is 20.8 Å². The van der Waals surface area contributed by atoms with Gasteiger partial charge in [0.1, 0.15) is 0 Å². The van der Waals surface area contributed by atoms with Crippen molar-refractivity contribution in [2.24, 2.45) is 0 Å². The molecule has 1 aromatic heterocycles. The van der Waals surface area contributed by atoms with Crippen molar-refractivity contribution >= 4 is 46.8 Å². The number of nitrogens with zero attached hydrogens (tertiary/aromatic N) is 4. The van der Waals surface area contributed by atoms with Crippen molar-refractivity contribution in [2.75, 3.05) is 0 Å². The molecule has 40 heavy (non-hydrogen) atoms. The molecular formula is C34H39BrN4Zn. The second-order valence-corrected chi connectivity index (χ2v) is 10.2. The summed E-state index contributed by atoms with van der Waals surface area (Å²) in [5.41, 5.74) is 11.0. The molecule has 0 spiro atoms. The predicted octanol–water partition coefficient (Wildman–Crippen LogP) is 7.27. The third kappa shape index (κ3) is 7.89. The summed E-state index contributed by atoms with van der Waals surface area (Å²) in [4.78, 5) is 19.7. The van der Waals surface area contributed by atoms with E-state index < -0.39 is 0 Å². The average molecular weight is 649 g/mol. The molecule has 204 valence electrons. The molecule has 0 saturated heterocycles. The summed E-state index contributed by atoms with van der Waals surface area (Å²) in [6.45, 7) is 22.9. The van der Waals surface area contributed by atoms with Crippen LogP contribution in [0.3, 0.4) is 0 Å². The van der Waals surface area contributed by atoms with E-state index in [-0.39, 0.29) is 25.4 Å². The summed E-state index contributed by atoms with van der Waals surface area (Å²) in [6, 6.07) is 10.4. The predicted molar refractivity (Wildman–Crippen MR) is 171 cm³/mol. The monoisotopic (exact) mass is 646 g/mol. The molecule has 0 aliphatic carbocycles. The van der Waals surface area contributed by atoms with E-state index in [9.17, 15) is 0 Å². The number of alkyl halides is 1. The van der Waals surface area contributed by atoms with Crippen LogP contribution in [0.5, 0.6) is 0 Å². The van der Waals surface area contributed by atoms with Gasteiger partial charge in [-0.15, -0.1) is 41.3 Å². The molecule has 1 aromatic carbocycles. The van der Waals surface area contributed by atoms with E-state index in [0.717, 1.165) is 57.1 Å². The first-order valence-electron chi connectivity index (χ1n) is 13.5. The summed E-state index contributed by atoms with van der Waals surface area (Å²) >= 11 is 3.65. The molecule has 4 bridgehead atoms. The zero-order chi connectivity index (χ0) is 28.7. The van der Waals surface area contributed by atoms with Gasteiger partial charge in [0.15, 0.2) is 0 Å². The Morgan fingerprint density at radius 3 is 2.25 bits per heavy atom. The fourth-order valence-corrected chi connectivity index (χ4v) is 5.20. The molecule has 2 aromatic rings. The molecule has 1 atom stereocenters. The minimum absolute atomic E-state index is 0. The van der Waals surface area contributed by atoms with Crippen LogP contribution in [-0.2, 0) is 31.2 Å². The SMILES string of the molecule is C=Cc1[n-]c(CBr)cc2nc(cc(=C)[n-]/c(=C\C)cc3nc(c1-c1c(C)cc(C)cc1C)C=C3)C(C)C2.CC.[Zn+2]. The van der Waals surface area contributed by atoms with Gasteiger partial charge in [-0.2, -0.15) is 0 Å². The second-order valence-electron chi connectivity index (χ2n) is 9.61. The number of fused-ring (bicyclic) bond motifs is 4. The van der Waals surface area contributed by atoms with E-state index >= 15 is 0 Å². The fraction of sp³-hybridized carbons (Fsp3) is 0.294. The van der Waals surface area contributed by atoms with Gasteiger partial charge in [-0.25, -0.2) is 4.98 Å². The molecule has 4 rings (SSSR count). The summed E-state index contributed by atoms with van der Waals surface area (Å²) in [6.07, 6.45) is 8.70. The maximum Gasteiger partial charge on any atom is 2.00 e. The average Bonchev–Trinajstić information content (AvgIpc) is 3.50. The van der Waals surface area contributed by atoms with Crippen molar-refractivity contribution in [3.05, 3.63) is 98.5 Å². The number of hydrogen-bond donors (Lipinski definition) is 0. The van der Waals surface area contributed by atoms with Gasteiger partial charge in [0.25, 0.3) is 0 Å². The first-order valence-corrected chi connectivity index (χ1v) is 14.6. The largest absolute Gasteiger partial charge is 2.00 e. The minimum Gasteiger partial charge on any atom is -0.660 e. The van der Waals surface area contributed by atoms with E-state index in [4.69, 9.17) is 19.9 Å². The molecule has 1 unspecified atom stereocenters. The molecular weight excluding hydrogens is 610 g/mol. The molecule has 0 saturated carbocycles. The topological polar surface area (TPSA) is 54.0 Å². The Labute approximate surface area is 260 Å². The van der Waals surface area contributed by atoms with Crippen molar-refractivity contribution in [1.82, 2.24) is 19.9 Å². The molecule has 0 amide bonds. The second kappa shape index (κ2) is 15.3. The Bertz CT molecular complexity index is 1570. The Balaban J connectivity index is 0.00000183. The van der Waals surface area contributed by atoms with Crippen LogP contribution >= 0.6 is 15.9 Å². The van der Waals surface area contributed by atoms with Crippen LogP contribution in [0.2, 0.25) is 0 Å². The fourth-order valence-electron chi connectivity index (χ4n) is 4.92. The molecule has 0 N–H and O–H groups in total. The van der Waals surface area contributed by atoms with E-state index in [1.807, 2.05) is 57.2 Å². The van der Waals surface area contributed by atoms with E-state index in [1.54, 1.807) is 0 Å². The Kier molecular flexibility index (Phi) is 12.7. The Hall–Kier alpha value is -2.82. The van der Waals surface area contributed by atoms with Gasteiger partial charge in [0.2, 0.25) is 0 Å². The van der Waals surface area contributed by atoms with Crippen molar-refractivity contribution < 1.29 is 19.5 Å². The zero-order valence-corrected chi connectivity index (χ0v) is 29.5. The van der Waals surface area contributed by atoms with Gasteiger partial charge in [-0.3, -0.25) is 4.98 Å². The number of rotatable bonds is 3. The van der Waals surface area contributed by atoms with Gasteiger partial charge in [0, 0.05) is 22.6 Å². The van der Waals surface area contributed by atoms with Crippen LogP contribution in [0.15, 0.2) is 36.9 Å². The molecule has 2 aliphatic heterocycles. The van der Waals surface area contributed by atoms with Crippen molar-refractivity contribution in [3.63, 3.8) is 0 Å². The quantitative estimate of drug-likeness (QED) is 0.222.